The molecule has 7 heteroatoms. The molecule has 25 heavy (non-hydrogen) atoms. The number of carbonyl (C=O) groups excluding carboxylic acids is 1. The van der Waals surface area contributed by atoms with E-state index in [1.54, 1.807) is 35.4 Å². The molecule has 0 saturated carbocycles. The molecule has 0 radical (unpaired) electrons. The Morgan fingerprint density at radius 3 is 2.56 bits per heavy atom. The van der Waals surface area contributed by atoms with Crippen molar-refractivity contribution in [1.82, 2.24) is 4.90 Å². The van der Waals surface area contributed by atoms with Gasteiger partial charge in [-0.15, -0.1) is 5.10 Å². The Kier molecular flexibility index (Phi) is 5.50. The van der Waals surface area contributed by atoms with Crippen LogP contribution in [-0.4, -0.2) is 27.4 Å². The Hall–Kier alpha value is -2.18. The first-order chi connectivity index (χ1) is 12.0. The monoisotopic (exact) mass is 375 g/mol. The maximum absolute atomic E-state index is 13.0. The summed E-state index contributed by atoms with van der Waals surface area (Å²) >= 11 is 7.20. The van der Waals surface area contributed by atoms with Gasteiger partial charge >= 0.3 is 0 Å². The Labute approximate surface area is 154 Å². The highest BCUT2D eigenvalue weighted by atomic mass is 35.5. The molecule has 0 unspecified atom stereocenters. The molecule has 1 atom stereocenters. The van der Waals surface area contributed by atoms with Crippen LogP contribution in [0.15, 0.2) is 58.7 Å². The number of carbonyl (C=O) groups is 1. The number of hydrogen-bond donors (Lipinski definition) is 0. The molecule has 1 saturated heterocycles. The summed E-state index contributed by atoms with van der Waals surface area (Å²) in [6, 6.07) is 13.3. The van der Waals surface area contributed by atoms with Crippen molar-refractivity contribution in [3.8, 4) is 0 Å². The fraction of sp³-hybridized carbons (Fsp3) is 0.167. The summed E-state index contributed by atoms with van der Waals surface area (Å²) in [5.41, 5.74) is 1.69. The van der Waals surface area contributed by atoms with E-state index in [9.17, 15) is 9.18 Å². The second-order valence-corrected chi connectivity index (χ2v) is 7.23. The smallest absolute Gasteiger partial charge is 0.242 e. The van der Waals surface area contributed by atoms with Gasteiger partial charge in [-0.3, -0.25) is 9.69 Å². The molecule has 0 spiro atoms. The summed E-state index contributed by atoms with van der Waals surface area (Å²) in [4.78, 5) is 13.9. The van der Waals surface area contributed by atoms with Gasteiger partial charge in [0.15, 0.2) is 5.17 Å². The van der Waals surface area contributed by atoms with Gasteiger partial charge in [-0.1, -0.05) is 47.6 Å². The quantitative estimate of drug-likeness (QED) is 0.589. The molecule has 1 amide bonds. The summed E-state index contributed by atoms with van der Waals surface area (Å²) in [5.74, 6) is -0.338. The standard InChI is InChI=1S/C18H15ClFN3OS/c1-12-17(24)23(11-14-4-8-16(20)9-5-14)18(25-12)22-21-10-13-2-6-15(19)7-3-13/h2-10,12H,11H2,1H3/b21-10-,22-18-/t12-/m0/s1. The third kappa shape index (κ3) is 4.46. The minimum absolute atomic E-state index is 0.0326. The van der Waals surface area contributed by atoms with Crippen LogP contribution in [-0.2, 0) is 11.3 Å². The van der Waals surface area contributed by atoms with Gasteiger partial charge in [-0.05, 0) is 42.3 Å². The molecule has 0 aromatic heterocycles. The molecule has 1 aliphatic heterocycles. The van der Waals surface area contributed by atoms with Crippen LogP contribution in [0.5, 0.6) is 0 Å². The molecular formula is C18H15ClFN3OS. The van der Waals surface area contributed by atoms with Gasteiger partial charge in [-0.2, -0.15) is 5.10 Å². The molecule has 0 bridgehead atoms. The molecule has 4 nitrogen and oxygen atoms in total. The number of halogens is 2. The summed E-state index contributed by atoms with van der Waals surface area (Å²) in [6.07, 6.45) is 1.60. The normalized spacial score (nSPS) is 19.3. The number of amidine groups is 1. The Bertz CT molecular complexity index is 821. The van der Waals surface area contributed by atoms with Crippen LogP contribution in [0.4, 0.5) is 4.39 Å². The van der Waals surface area contributed by atoms with E-state index in [1.807, 2.05) is 19.1 Å². The highest BCUT2D eigenvalue weighted by molar-refractivity contribution is 8.15. The van der Waals surface area contributed by atoms with Crippen LogP contribution in [0.1, 0.15) is 18.1 Å². The lowest BCUT2D eigenvalue weighted by Gasteiger charge is -2.15. The fourth-order valence-electron chi connectivity index (χ4n) is 2.28. The second-order valence-electron chi connectivity index (χ2n) is 5.49. The van der Waals surface area contributed by atoms with E-state index in [1.165, 1.54) is 23.9 Å². The summed E-state index contributed by atoms with van der Waals surface area (Å²) in [5, 5.41) is 9.23. The van der Waals surface area contributed by atoms with E-state index in [2.05, 4.69) is 10.2 Å². The first-order valence-electron chi connectivity index (χ1n) is 7.62. The van der Waals surface area contributed by atoms with E-state index >= 15 is 0 Å². The van der Waals surface area contributed by atoms with Crippen molar-refractivity contribution in [1.29, 1.82) is 0 Å². The van der Waals surface area contributed by atoms with E-state index in [-0.39, 0.29) is 17.0 Å². The first-order valence-corrected chi connectivity index (χ1v) is 8.88. The summed E-state index contributed by atoms with van der Waals surface area (Å²) in [6.45, 7) is 2.17. The van der Waals surface area contributed by atoms with Crippen molar-refractivity contribution in [3.63, 3.8) is 0 Å². The van der Waals surface area contributed by atoms with Gasteiger partial charge in [0.1, 0.15) is 5.82 Å². The topological polar surface area (TPSA) is 45.0 Å². The van der Waals surface area contributed by atoms with E-state index in [0.717, 1.165) is 11.1 Å². The molecular weight excluding hydrogens is 361 g/mol. The number of nitrogens with zero attached hydrogens (tertiary/aromatic N) is 3. The maximum atomic E-state index is 13.0. The predicted octanol–water partition coefficient (Wildman–Crippen LogP) is 4.33. The highest BCUT2D eigenvalue weighted by Crippen LogP contribution is 2.28. The number of thioether (sulfide) groups is 1. The molecule has 0 aliphatic carbocycles. The van der Waals surface area contributed by atoms with Crippen LogP contribution < -0.4 is 0 Å². The average Bonchev–Trinajstić information content (AvgIpc) is 2.86. The highest BCUT2D eigenvalue weighted by Gasteiger charge is 2.35. The van der Waals surface area contributed by atoms with Crippen LogP contribution in [0.2, 0.25) is 5.02 Å². The first kappa shape index (κ1) is 17.6. The van der Waals surface area contributed by atoms with E-state index < -0.39 is 0 Å². The summed E-state index contributed by atoms with van der Waals surface area (Å²) in [7, 11) is 0. The predicted molar refractivity (Wildman–Crippen MR) is 100 cm³/mol. The molecule has 1 aliphatic rings. The lowest BCUT2D eigenvalue weighted by molar-refractivity contribution is -0.126. The van der Waals surface area contributed by atoms with Crippen molar-refractivity contribution < 1.29 is 9.18 Å². The van der Waals surface area contributed by atoms with Gasteiger partial charge in [-0.25, -0.2) is 4.39 Å². The lowest BCUT2D eigenvalue weighted by atomic mass is 10.2. The average molecular weight is 376 g/mol. The third-order valence-corrected chi connectivity index (χ3v) is 4.92. The van der Waals surface area contributed by atoms with Crippen LogP contribution in [0.25, 0.3) is 0 Å². The summed E-state index contributed by atoms with van der Waals surface area (Å²) < 4.78 is 13.0. The Morgan fingerprint density at radius 1 is 1.20 bits per heavy atom. The number of amides is 1. The zero-order chi connectivity index (χ0) is 17.8. The van der Waals surface area contributed by atoms with E-state index in [0.29, 0.717) is 16.7 Å². The second kappa shape index (κ2) is 7.80. The largest absolute Gasteiger partial charge is 0.284 e. The van der Waals surface area contributed by atoms with Crippen molar-refractivity contribution >= 4 is 40.7 Å². The van der Waals surface area contributed by atoms with Crippen LogP contribution in [0, 0.1) is 5.82 Å². The minimum Gasteiger partial charge on any atom is -0.284 e. The van der Waals surface area contributed by atoms with Crippen molar-refractivity contribution in [3.05, 3.63) is 70.5 Å². The molecule has 1 heterocycles. The Morgan fingerprint density at radius 2 is 1.88 bits per heavy atom. The Balaban J connectivity index is 1.76. The molecule has 0 N–H and O–H groups in total. The molecule has 2 aromatic rings. The fourth-order valence-corrected chi connectivity index (χ4v) is 3.32. The van der Waals surface area contributed by atoms with Crippen LogP contribution in [0.3, 0.4) is 0 Å². The van der Waals surface area contributed by atoms with Crippen molar-refractivity contribution in [2.45, 2.75) is 18.7 Å². The van der Waals surface area contributed by atoms with E-state index in [4.69, 9.17) is 11.6 Å². The molecule has 3 rings (SSSR count). The zero-order valence-electron chi connectivity index (χ0n) is 13.4. The van der Waals surface area contributed by atoms with Crippen LogP contribution >= 0.6 is 23.4 Å². The zero-order valence-corrected chi connectivity index (χ0v) is 15.0. The molecule has 1 fully saturated rings. The molecule has 2 aromatic carbocycles. The van der Waals surface area contributed by atoms with Crippen molar-refractivity contribution in [2.24, 2.45) is 10.2 Å². The number of rotatable bonds is 4. The van der Waals surface area contributed by atoms with Gasteiger partial charge < -0.3 is 0 Å². The minimum atomic E-state index is -0.305. The van der Waals surface area contributed by atoms with Gasteiger partial charge in [0.05, 0.1) is 18.0 Å². The SMILES string of the molecule is C[C@@H]1S/C(=N\N=C/c2ccc(Cl)cc2)N(Cc2ccc(F)cc2)C1=O. The van der Waals surface area contributed by atoms with Crippen molar-refractivity contribution in [2.75, 3.05) is 0 Å². The van der Waals surface area contributed by atoms with Gasteiger partial charge in [0.25, 0.3) is 0 Å². The third-order valence-electron chi connectivity index (χ3n) is 3.60. The number of benzene rings is 2. The number of hydrogen-bond acceptors (Lipinski definition) is 4. The molecule has 128 valence electrons. The van der Waals surface area contributed by atoms with Gasteiger partial charge in [0.2, 0.25) is 5.91 Å². The van der Waals surface area contributed by atoms with Gasteiger partial charge in [0, 0.05) is 5.02 Å². The lowest BCUT2D eigenvalue weighted by Crippen LogP contribution is -2.30. The maximum Gasteiger partial charge on any atom is 0.242 e.